The molecule has 5 heteroatoms. The highest BCUT2D eigenvalue weighted by Gasteiger charge is 2.22. The van der Waals surface area contributed by atoms with Crippen molar-refractivity contribution in [2.75, 3.05) is 0 Å². The Morgan fingerprint density at radius 1 is 0.339 bits per heavy atom. The molecule has 262 valence electrons. The van der Waals surface area contributed by atoms with Crippen molar-refractivity contribution in [2.45, 2.75) is 0 Å². The van der Waals surface area contributed by atoms with Gasteiger partial charge >= 0.3 is 0 Å². The summed E-state index contributed by atoms with van der Waals surface area (Å²) < 4.78 is 9.49. The van der Waals surface area contributed by atoms with Crippen molar-refractivity contribution < 1.29 is 0 Å². The summed E-state index contributed by atoms with van der Waals surface area (Å²) >= 11 is 0. The zero-order valence-electron chi connectivity index (χ0n) is 30.3. The minimum absolute atomic E-state index is 0.859. The molecule has 0 aliphatic heterocycles. The number of para-hydroxylation sites is 4. The van der Waals surface area contributed by atoms with Crippen LogP contribution >= 0.6 is 0 Å². The summed E-state index contributed by atoms with van der Waals surface area (Å²) in [4.78, 5) is 5.56. The number of nitrogens with zero attached hydrogens (tertiary/aromatic N) is 5. The molecule has 0 radical (unpaired) electrons. The van der Waals surface area contributed by atoms with E-state index in [0.29, 0.717) is 0 Å². The highest BCUT2D eigenvalue weighted by Crippen LogP contribution is 2.41. The van der Waals surface area contributed by atoms with Crippen LogP contribution in [0.3, 0.4) is 0 Å². The van der Waals surface area contributed by atoms with Crippen LogP contribution in [0.5, 0.6) is 0 Å². The van der Waals surface area contributed by atoms with Crippen molar-refractivity contribution in [3.63, 3.8) is 0 Å². The van der Waals surface area contributed by atoms with Crippen molar-refractivity contribution >= 4 is 65.4 Å². The second kappa shape index (κ2) is 11.9. The molecule has 12 aromatic rings. The summed E-state index contributed by atoms with van der Waals surface area (Å²) in [6.07, 6.45) is 4.38. The number of pyridine rings is 1. The van der Waals surface area contributed by atoms with Gasteiger partial charge in [-0.1, -0.05) is 127 Å². The van der Waals surface area contributed by atoms with Gasteiger partial charge in [-0.05, 0) is 54.6 Å². The lowest BCUT2D eigenvalue weighted by molar-refractivity contribution is 1.05. The van der Waals surface area contributed by atoms with E-state index in [-0.39, 0.29) is 0 Å². The van der Waals surface area contributed by atoms with Gasteiger partial charge in [-0.2, -0.15) is 0 Å². The van der Waals surface area contributed by atoms with Gasteiger partial charge in [0, 0.05) is 67.7 Å². The second-order valence-electron chi connectivity index (χ2n) is 14.5. The Balaban J connectivity index is 1.24. The Morgan fingerprint density at radius 2 is 0.821 bits per heavy atom. The molecular formula is C51H33N5. The fourth-order valence-electron chi connectivity index (χ4n) is 8.96. The number of aromatic nitrogens is 5. The summed E-state index contributed by atoms with van der Waals surface area (Å²) in [6.45, 7) is 0. The Kier molecular flexibility index (Phi) is 6.56. The number of rotatable bonds is 5. The molecule has 5 nitrogen and oxygen atoms in total. The van der Waals surface area contributed by atoms with E-state index >= 15 is 0 Å². The first-order valence-corrected chi connectivity index (χ1v) is 19.1. The highest BCUT2D eigenvalue weighted by molar-refractivity contribution is 6.19. The van der Waals surface area contributed by atoms with Gasteiger partial charge in [0.15, 0.2) is 0 Å². The van der Waals surface area contributed by atoms with E-state index in [9.17, 15) is 0 Å². The van der Waals surface area contributed by atoms with Crippen LogP contribution in [0, 0.1) is 0 Å². The van der Waals surface area contributed by atoms with E-state index in [1.54, 1.807) is 0 Å². The van der Waals surface area contributed by atoms with Gasteiger partial charge in [0.1, 0.15) is 5.82 Å². The van der Waals surface area contributed by atoms with E-state index in [1.807, 2.05) is 0 Å². The van der Waals surface area contributed by atoms with E-state index in [1.165, 1.54) is 37.8 Å². The molecule has 0 saturated carbocycles. The van der Waals surface area contributed by atoms with Crippen LogP contribution in [0.1, 0.15) is 0 Å². The van der Waals surface area contributed by atoms with Crippen LogP contribution in [0.15, 0.2) is 200 Å². The molecule has 0 aliphatic carbocycles. The van der Waals surface area contributed by atoms with Crippen molar-refractivity contribution in [1.82, 2.24) is 23.3 Å². The normalized spacial score (nSPS) is 11.9. The summed E-state index contributed by atoms with van der Waals surface area (Å²) in [5.74, 6) is 0.859. The van der Waals surface area contributed by atoms with Gasteiger partial charge in [-0.15, -0.1) is 0 Å². The molecule has 0 fully saturated rings. The number of benzene rings is 7. The molecule has 0 aliphatic rings. The molecule has 0 saturated heterocycles. The van der Waals surface area contributed by atoms with Crippen molar-refractivity contribution in [1.29, 1.82) is 0 Å². The number of fused-ring (bicyclic) bond motifs is 10. The SMILES string of the molecule is c1ccc(-c2cc(-n3c4ccccc4c4ccc5ccn(-c6ccccc6)c5c43)cc(-n3c4ccccc4c4ccc5ccn(-c6ccccc6)c5c43)n2)cc1. The van der Waals surface area contributed by atoms with Gasteiger partial charge in [0.2, 0.25) is 0 Å². The first-order chi connectivity index (χ1) is 27.8. The van der Waals surface area contributed by atoms with Gasteiger partial charge in [-0.25, -0.2) is 4.98 Å². The van der Waals surface area contributed by atoms with Crippen LogP contribution in [-0.2, 0) is 0 Å². The average Bonchev–Trinajstić information content (AvgIpc) is 4.05. The Labute approximate surface area is 322 Å². The molecule has 5 heterocycles. The topological polar surface area (TPSA) is 32.6 Å². The quantitative estimate of drug-likeness (QED) is 0.175. The molecular weight excluding hydrogens is 683 g/mol. The maximum atomic E-state index is 5.56. The van der Waals surface area contributed by atoms with Gasteiger partial charge < -0.3 is 13.7 Å². The minimum atomic E-state index is 0.859. The largest absolute Gasteiger partial charge is 0.315 e. The average molecular weight is 716 g/mol. The van der Waals surface area contributed by atoms with Crippen LogP contribution in [0.25, 0.3) is 99.6 Å². The lowest BCUT2D eigenvalue weighted by atomic mass is 10.1. The predicted octanol–water partition coefficient (Wildman–Crippen LogP) is 12.8. The van der Waals surface area contributed by atoms with E-state index in [2.05, 4.69) is 219 Å². The Morgan fingerprint density at radius 3 is 1.39 bits per heavy atom. The molecule has 0 N–H and O–H groups in total. The second-order valence-corrected chi connectivity index (χ2v) is 14.5. The smallest absolute Gasteiger partial charge is 0.140 e. The molecule has 0 unspecified atom stereocenters. The molecule has 0 atom stereocenters. The fourth-order valence-corrected chi connectivity index (χ4v) is 8.96. The number of hydrogen-bond donors (Lipinski definition) is 0. The van der Waals surface area contributed by atoms with E-state index in [4.69, 9.17) is 4.98 Å². The standard InChI is InChI=1S/C51H33N5/c1-4-14-34(15-5-1)44-32-39(55-45-22-12-10-20-40(45)42-26-24-35-28-30-53(48(35)50(42)55)37-16-6-2-7-17-37)33-47(52-44)56-46-23-13-11-21-41(46)43-27-25-36-29-31-54(49(36)51(43)56)38-18-8-3-9-19-38/h1-33H. The molecule has 56 heavy (non-hydrogen) atoms. The van der Waals surface area contributed by atoms with Crippen LogP contribution in [-0.4, -0.2) is 23.3 Å². The van der Waals surface area contributed by atoms with Crippen LogP contribution < -0.4 is 0 Å². The van der Waals surface area contributed by atoms with Gasteiger partial charge in [-0.3, -0.25) is 4.57 Å². The summed E-state index contributed by atoms with van der Waals surface area (Å²) in [7, 11) is 0. The fraction of sp³-hybridized carbons (Fsp3) is 0. The minimum Gasteiger partial charge on any atom is -0.315 e. The molecule has 0 amide bonds. The molecule has 0 spiro atoms. The summed E-state index contributed by atoms with van der Waals surface area (Å²) in [5, 5.41) is 7.17. The van der Waals surface area contributed by atoms with Crippen molar-refractivity contribution in [2.24, 2.45) is 0 Å². The van der Waals surface area contributed by atoms with Crippen molar-refractivity contribution in [3.05, 3.63) is 200 Å². The first kappa shape index (κ1) is 30.8. The Bertz CT molecular complexity index is 3250. The van der Waals surface area contributed by atoms with E-state index in [0.717, 1.165) is 61.7 Å². The molecule has 12 rings (SSSR count). The number of hydrogen-bond acceptors (Lipinski definition) is 1. The molecule has 5 aromatic heterocycles. The van der Waals surface area contributed by atoms with Gasteiger partial charge in [0.25, 0.3) is 0 Å². The maximum Gasteiger partial charge on any atom is 0.140 e. The third-order valence-corrected chi connectivity index (χ3v) is 11.4. The predicted molar refractivity (Wildman–Crippen MR) is 232 cm³/mol. The summed E-state index contributed by atoms with van der Waals surface area (Å²) in [5.41, 5.74) is 12.1. The summed E-state index contributed by atoms with van der Waals surface area (Å²) in [6, 6.07) is 67.4. The zero-order valence-corrected chi connectivity index (χ0v) is 30.3. The third-order valence-electron chi connectivity index (χ3n) is 11.4. The lowest BCUT2D eigenvalue weighted by Gasteiger charge is -2.16. The van der Waals surface area contributed by atoms with Crippen LogP contribution in [0.4, 0.5) is 0 Å². The lowest BCUT2D eigenvalue weighted by Crippen LogP contribution is -2.04. The highest BCUT2D eigenvalue weighted by atomic mass is 15.1. The monoisotopic (exact) mass is 715 g/mol. The molecule has 0 bridgehead atoms. The van der Waals surface area contributed by atoms with Crippen LogP contribution in [0.2, 0.25) is 0 Å². The Hall–Kier alpha value is -7.63. The van der Waals surface area contributed by atoms with Crippen molar-refractivity contribution in [3.8, 4) is 34.1 Å². The zero-order chi connectivity index (χ0) is 36.7. The molecule has 7 aromatic carbocycles. The third kappa shape index (κ3) is 4.46. The van der Waals surface area contributed by atoms with Gasteiger partial charge in [0.05, 0.1) is 44.5 Å². The maximum absolute atomic E-state index is 5.56. The van der Waals surface area contributed by atoms with E-state index < -0.39 is 0 Å². The first-order valence-electron chi connectivity index (χ1n) is 19.1.